The normalized spacial score (nSPS) is 15.3. The Bertz CT molecular complexity index is 1910. The summed E-state index contributed by atoms with van der Waals surface area (Å²) in [5, 5.41) is 5.34. The van der Waals surface area contributed by atoms with Crippen LogP contribution in [0.4, 0.5) is 0 Å². The lowest BCUT2D eigenvalue weighted by atomic mass is 9.82. The van der Waals surface area contributed by atoms with E-state index in [0.29, 0.717) is 5.92 Å². The van der Waals surface area contributed by atoms with Crippen molar-refractivity contribution in [1.29, 1.82) is 0 Å². The zero-order valence-electron chi connectivity index (χ0n) is 25.1. The molecule has 44 heavy (non-hydrogen) atoms. The number of benzene rings is 4. The van der Waals surface area contributed by atoms with Gasteiger partial charge >= 0.3 is 0 Å². The van der Waals surface area contributed by atoms with Gasteiger partial charge in [0.2, 0.25) is 0 Å². The molecule has 5 aromatic rings. The molecule has 0 spiro atoms. The molecule has 214 valence electrons. The summed E-state index contributed by atoms with van der Waals surface area (Å²) < 4.78 is 0. The molecule has 1 atom stereocenters. The average Bonchev–Trinajstić information content (AvgIpc) is 3.09. The molecule has 1 nitrogen and oxygen atoms in total. The Kier molecular flexibility index (Phi) is 9.04. The van der Waals surface area contributed by atoms with E-state index in [1.807, 2.05) is 30.4 Å². The van der Waals surface area contributed by atoms with Gasteiger partial charge in [-0.25, -0.2) is 0 Å². The fourth-order valence-electron chi connectivity index (χ4n) is 6.20. The first-order chi connectivity index (χ1) is 21.8. The third-order valence-electron chi connectivity index (χ3n) is 8.33. The van der Waals surface area contributed by atoms with Crippen LogP contribution in [0.2, 0.25) is 0 Å². The monoisotopic (exact) mass is 567 g/mol. The van der Waals surface area contributed by atoms with Gasteiger partial charge in [0.1, 0.15) is 0 Å². The van der Waals surface area contributed by atoms with Crippen LogP contribution in [-0.4, -0.2) is 4.98 Å². The highest BCUT2D eigenvalue weighted by atomic mass is 14.7. The summed E-state index contributed by atoms with van der Waals surface area (Å²) in [4.78, 5) is 4.87. The summed E-state index contributed by atoms with van der Waals surface area (Å²) in [6, 6.07) is 34.3. The van der Waals surface area contributed by atoms with Crippen molar-refractivity contribution < 1.29 is 0 Å². The maximum Gasteiger partial charge on any atom is 0.0705 e. The Morgan fingerprint density at radius 3 is 1.89 bits per heavy atom. The highest BCUT2D eigenvalue weighted by Gasteiger charge is 2.18. The van der Waals surface area contributed by atoms with Crippen LogP contribution in [0.25, 0.3) is 32.8 Å². The number of hydrogen-bond donors (Lipinski definition) is 0. The minimum atomic E-state index is 0.382. The SMILES string of the molecule is C=CC(/C=C\Cc1cccc(-c2ccccc2)n1)=C(C=C)\C=C/Cc1c2ccccc2c(C2C=CC=CC2)c2ccccc12. The molecule has 1 heteroatoms. The van der Waals surface area contributed by atoms with Gasteiger partial charge in [-0.15, -0.1) is 0 Å². The molecular weight excluding hydrogens is 530 g/mol. The first-order valence-electron chi connectivity index (χ1n) is 15.4. The first-order valence-corrected chi connectivity index (χ1v) is 15.4. The molecule has 0 fully saturated rings. The minimum Gasteiger partial charge on any atom is -0.253 e. The van der Waals surface area contributed by atoms with Gasteiger partial charge in [-0.1, -0.05) is 159 Å². The van der Waals surface area contributed by atoms with E-state index in [2.05, 4.69) is 141 Å². The predicted octanol–water partition coefficient (Wildman–Crippen LogP) is 11.2. The molecule has 0 bridgehead atoms. The van der Waals surface area contributed by atoms with Gasteiger partial charge in [0.15, 0.2) is 0 Å². The van der Waals surface area contributed by atoms with Crippen LogP contribution in [0.1, 0.15) is 29.2 Å². The second-order valence-corrected chi connectivity index (χ2v) is 11.1. The van der Waals surface area contributed by atoms with E-state index in [1.165, 1.54) is 32.7 Å². The van der Waals surface area contributed by atoms with Crippen molar-refractivity contribution in [3.05, 3.63) is 199 Å². The molecule has 0 radical (unpaired) electrons. The van der Waals surface area contributed by atoms with E-state index >= 15 is 0 Å². The molecule has 0 aliphatic heterocycles. The maximum absolute atomic E-state index is 4.87. The number of nitrogens with zero attached hydrogens (tertiary/aromatic N) is 1. The molecule has 1 aliphatic carbocycles. The lowest BCUT2D eigenvalue weighted by Gasteiger charge is -2.21. The topological polar surface area (TPSA) is 12.9 Å². The Hall–Kier alpha value is -5.27. The van der Waals surface area contributed by atoms with Gasteiger partial charge in [0.05, 0.1) is 5.69 Å². The third kappa shape index (κ3) is 6.23. The van der Waals surface area contributed by atoms with Gasteiger partial charge in [-0.3, -0.25) is 4.98 Å². The Morgan fingerprint density at radius 1 is 0.659 bits per heavy atom. The minimum absolute atomic E-state index is 0.382. The van der Waals surface area contributed by atoms with Crippen molar-refractivity contribution in [1.82, 2.24) is 4.98 Å². The fraction of sp³-hybridized carbons (Fsp3) is 0.0930. The van der Waals surface area contributed by atoms with Gasteiger partial charge in [0.25, 0.3) is 0 Å². The van der Waals surface area contributed by atoms with Gasteiger partial charge < -0.3 is 0 Å². The first kappa shape index (κ1) is 28.8. The van der Waals surface area contributed by atoms with E-state index in [1.54, 1.807) is 0 Å². The van der Waals surface area contributed by atoms with Crippen LogP contribution in [0.3, 0.4) is 0 Å². The Morgan fingerprint density at radius 2 is 1.27 bits per heavy atom. The van der Waals surface area contributed by atoms with Crippen molar-refractivity contribution >= 4 is 21.5 Å². The van der Waals surface area contributed by atoms with Crippen LogP contribution < -0.4 is 0 Å². The number of hydrogen-bond acceptors (Lipinski definition) is 1. The Labute approximate surface area is 261 Å². The number of fused-ring (bicyclic) bond motifs is 2. The fourth-order valence-corrected chi connectivity index (χ4v) is 6.20. The number of rotatable bonds is 10. The van der Waals surface area contributed by atoms with Crippen molar-refractivity contribution in [3.63, 3.8) is 0 Å². The van der Waals surface area contributed by atoms with E-state index < -0.39 is 0 Å². The molecule has 0 N–H and O–H groups in total. The quantitative estimate of drug-likeness (QED) is 0.121. The van der Waals surface area contributed by atoms with Gasteiger partial charge in [-0.05, 0) is 68.8 Å². The molecule has 1 aromatic heterocycles. The average molecular weight is 568 g/mol. The van der Waals surface area contributed by atoms with Crippen LogP contribution in [0, 0.1) is 0 Å². The van der Waals surface area contributed by atoms with Crippen LogP contribution in [-0.2, 0) is 12.8 Å². The molecule has 0 saturated carbocycles. The van der Waals surface area contributed by atoms with Gasteiger partial charge in [-0.2, -0.15) is 0 Å². The summed E-state index contributed by atoms with van der Waals surface area (Å²) in [6.07, 6.45) is 24.1. The summed E-state index contributed by atoms with van der Waals surface area (Å²) in [6.45, 7) is 8.21. The Balaban J connectivity index is 1.27. The summed E-state index contributed by atoms with van der Waals surface area (Å²) >= 11 is 0. The summed E-state index contributed by atoms with van der Waals surface area (Å²) in [7, 11) is 0. The molecule has 1 aliphatic rings. The summed E-state index contributed by atoms with van der Waals surface area (Å²) in [5.41, 5.74) is 8.02. The largest absolute Gasteiger partial charge is 0.253 e. The lowest BCUT2D eigenvalue weighted by molar-refractivity contribution is 0.869. The molecular formula is C43H37N. The zero-order chi connectivity index (χ0) is 30.1. The van der Waals surface area contributed by atoms with Crippen LogP contribution >= 0.6 is 0 Å². The second kappa shape index (κ2) is 13.8. The van der Waals surface area contributed by atoms with Crippen molar-refractivity contribution in [2.75, 3.05) is 0 Å². The molecule has 6 rings (SSSR count). The standard InChI is InChI=1S/C43H37N/c1-3-32(22-15-24-36-25-17-31-42(44-36)34-18-7-5-8-19-34)33(4-2)23-16-30-37-38-26-11-13-28-40(38)43(35-20-9-6-10-21-35)41-29-14-12-27-39(37)41/h3-20,22-23,25-29,31,35H,1-2,21,24,30H2/b22-15-,23-16-,33-32+. The van der Waals surface area contributed by atoms with E-state index in [9.17, 15) is 0 Å². The van der Waals surface area contributed by atoms with Gasteiger partial charge in [0, 0.05) is 23.6 Å². The van der Waals surface area contributed by atoms with E-state index in [-0.39, 0.29) is 0 Å². The highest BCUT2D eigenvalue weighted by Crippen LogP contribution is 2.40. The maximum atomic E-state index is 4.87. The number of pyridine rings is 1. The smallest absolute Gasteiger partial charge is 0.0705 e. The number of allylic oxidation sites excluding steroid dienone is 12. The molecule has 0 amide bonds. The van der Waals surface area contributed by atoms with Crippen LogP contribution in [0.5, 0.6) is 0 Å². The lowest BCUT2D eigenvalue weighted by Crippen LogP contribution is -2.01. The zero-order valence-corrected chi connectivity index (χ0v) is 25.1. The second-order valence-electron chi connectivity index (χ2n) is 11.1. The number of aromatic nitrogens is 1. The highest BCUT2D eigenvalue weighted by molar-refractivity contribution is 6.06. The van der Waals surface area contributed by atoms with Crippen molar-refractivity contribution in [3.8, 4) is 11.3 Å². The molecule has 0 saturated heterocycles. The van der Waals surface area contributed by atoms with E-state index in [4.69, 9.17) is 4.98 Å². The predicted molar refractivity (Wildman–Crippen MR) is 190 cm³/mol. The van der Waals surface area contributed by atoms with Crippen LogP contribution in [0.15, 0.2) is 182 Å². The van der Waals surface area contributed by atoms with Crippen molar-refractivity contribution in [2.24, 2.45) is 0 Å². The molecule has 4 aromatic carbocycles. The van der Waals surface area contributed by atoms with Crippen molar-refractivity contribution in [2.45, 2.75) is 25.2 Å². The molecule has 1 heterocycles. The summed E-state index contributed by atoms with van der Waals surface area (Å²) in [5.74, 6) is 0.382. The molecule has 1 unspecified atom stereocenters. The van der Waals surface area contributed by atoms with E-state index in [0.717, 1.165) is 47.4 Å². The third-order valence-corrected chi connectivity index (χ3v) is 8.33.